The molecule has 0 aliphatic rings. The molecule has 2 nitrogen and oxygen atoms in total. The molecule has 0 radical (unpaired) electrons. The minimum absolute atomic E-state index is 0.230. The Morgan fingerprint density at radius 2 is 1.84 bits per heavy atom. The predicted octanol–water partition coefficient (Wildman–Crippen LogP) is 3.46. The fraction of sp³-hybridized carbons (Fsp3) is 0.647. The van der Waals surface area contributed by atoms with Crippen molar-refractivity contribution in [3.63, 3.8) is 0 Å². The molecule has 2 heteroatoms. The van der Waals surface area contributed by atoms with Crippen molar-refractivity contribution in [3.8, 4) is 0 Å². The van der Waals surface area contributed by atoms with Gasteiger partial charge in [-0.05, 0) is 38.3 Å². The Kier molecular flexibility index (Phi) is 7.76. The molecule has 0 spiro atoms. The van der Waals surface area contributed by atoms with Crippen LogP contribution < -0.4 is 5.73 Å². The number of nitrogens with two attached hydrogens (primary N) is 1. The van der Waals surface area contributed by atoms with Crippen molar-refractivity contribution < 1.29 is 0 Å². The molecular formula is C17H30N2. The van der Waals surface area contributed by atoms with Gasteiger partial charge in [-0.15, -0.1) is 0 Å². The minimum atomic E-state index is 0.230. The Hall–Kier alpha value is -0.860. The first-order chi connectivity index (χ1) is 9.17. The van der Waals surface area contributed by atoms with Crippen molar-refractivity contribution in [2.24, 2.45) is 5.73 Å². The number of hydrogen-bond acceptors (Lipinski definition) is 2. The highest BCUT2D eigenvalue weighted by Crippen LogP contribution is 2.09. The number of unbranched alkanes of at least 4 members (excludes halogenated alkanes) is 1. The van der Waals surface area contributed by atoms with Gasteiger partial charge >= 0.3 is 0 Å². The van der Waals surface area contributed by atoms with Crippen molar-refractivity contribution in [1.82, 2.24) is 4.90 Å². The highest BCUT2D eigenvalue weighted by atomic mass is 15.2. The van der Waals surface area contributed by atoms with E-state index in [9.17, 15) is 0 Å². The molecule has 0 amide bonds. The molecule has 0 aromatic heterocycles. The zero-order chi connectivity index (χ0) is 14.1. The van der Waals surface area contributed by atoms with E-state index in [2.05, 4.69) is 56.0 Å². The second kappa shape index (κ2) is 9.11. The number of rotatable bonds is 9. The molecular weight excluding hydrogens is 232 g/mol. The van der Waals surface area contributed by atoms with Gasteiger partial charge in [-0.3, -0.25) is 4.90 Å². The quantitative estimate of drug-likeness (QED) is 0.738. The summed E-state index contributed by atoms with van der Waals surface area (Å²) in [6.45, 7) is 8.99. The van der Waals surface area contributed by atoms with Crippen LogP contribution in [0.5, 0.6) is 0 Å². The van der Waals surface area contributed by atoms with E-state index in [1.54, 1.807) is 0 Å². The summed E-state index contributed by atoms with van der Waals surface area (Å²) in [7, 11) is 0. The van der Waals surface area contributed by atoms with Crippen molar-refractivity contribution >= 4 is 0 Å². The zero-order valence-electron chi connectivity index (χ0n) is 12.8. The molecule has 0 heterocycles. The summed E-state index contributed by atoms with van der Waals surface area (Å²) < 4.78 is 0. The van der Waals surface area contributed by atoms with Crippen LogP contribution in [0.25, 0.3) is 0 Å². The molecule has 1 aromatic carbocycles. The van der Waals surface area contributed by atoms with Crippen LogP contribution >= 0.6 is 0 Å². The predicted molar refractivity (Wildman–Crippen MR) is 84.4 cm³/mol. The van der Waals surface area contributed by atoms with E-state index >= 15 is 0 Å². The van der Waals surface area contributed by atoms with E-state index in [1.807, 2.05) is 0 Å². The zero-order valence-corrected chi connectivity index (χ0v) is 12.8. The second-order valence-corrected chi connectivity index (χ2v) is 5.56. The van der Waals surface area contributed by atoms with Gasteiger partial charge in [-0.25, -0.2) is 0 Å². The largest absolute Gasteiger partial charge is 0.326 e. The number of benzene rings is 1. The molecule has 0 saturated carbocycles. The van der Waals surface area contributed by atoms with Crippen LogP contribution in [0.4, 0.5) is 0 Å². The molecule has 108 valence electrons. The summed E-state index contributed by atoms with van der Waals surface area (Å²) in [5, 5.41) is 0. The fourth-order valence-corrected chi connectivity index (χ4v) is 2.39. The third-order valence-electron chi connectivity index (χ3n) is 3.82. The molecule has 1 aromatic rings. The normalized spacial score (nSPS) is 14.6. The maximum absolute atomic E-state index is 6.33. The van der Waals surface area contributed by atoms with Gasteiger partial charge in [-0.1, -0.05) is 50.6 Å². The topological polar surface area (TPSA) is 29.3 Å². The SMILES string of the molecule is CCCCN(CC(N)Cc1ccccc1)C(C)CC. The molecule has 1 rings (SSSR count). The third kappa shape index (κ3) is 6.22. The third-order valence-corrected chi connectivity index (χ3v) is 3.82. The lowest BCUT2D eigenvalue weighted by atomic mass is 10.0. The van der Waals surface area contributed by atoms with Crippen LogP contribution in [0.3, 0.4) is 0 Å². The lowest BCUT2D eigenvalue weighted by molar-refractivity contribution is 0.188. The van der Waals surface area contributed by atoms with Crippen molar-refractivity contribution in [2.45, 2.75) is 58.5 Å². The van der Waals surface area contributed by atoms with Gasteiger partial charge in [0.15, 0.2) is 0 Å². The van der Waals surface area contributed by atoms with Crippen LogP contribution in [0, 0.1) is 0 Å². The van der Waals surface area contributed by atoms with Gasteiger partial charge in [0.05, 0.1) is 0 Å². The van der Waals surface area contributed by atoms with E-state index in [1.165, 1.54) is 31.4 Å². The average molecular weight is 262 g/mol. The molecule has 0 bridgehead atoms. The van der Waals surface area contributed by atoms with Crippen LogP contribution in [0.15, 0.2) is 30.3 Å². The van der Waals surface area contributed by atoms with Crippen LogP contribution in [-0.4, -0.2) is 30.1 Å². The summed E-state index contributed by atoms with van der Waals surface area (Å²) in [5.41, 5.74) is 7.67. The first kappa shape index (κ1) is 16.2. The molecule has 2 N–H and O–H groups in total. The molecule has 0 fully saturated rings. The first-order valence-electron chi connectivity index (χ1n) is 7.70. The maximum Gasteiger partial charge on any atom is 0.0208 e. The van der Waals surface area contributed by atoms with E-state index in [-0.39, 0.29) is 6.04 Å². The Morgan fingerprint density at radius 1 is 1.16 bits per heavy atom. The van der Waals surface area contributed by atoms with Gasteiger partial charge in [0.2, 0.25) is 0 Å². The van der Waals surface area contributed by atoms with E-state index in [4.69, 9.17) is 5.73 Å². The summed E-state index contributed by atoms with van der Waals surface area (Å²) in [5.74, 6) is 0. The lowest BCUT2D eigenvalue weighted by Gasteiger charge is -2.31. The van der Waals surface area contributed by atoms with E-state index in [0.717, 1.165) is 13.0 Å². The molecule has 2 atom stereocenters. The van der Waals surface area contributed by atoms with Gasteiger partial charge in [0.25, 0.3) is 0 Å². The van der Waals surface area contributed by atoms with Crippen LogP contribution in [-0.2, 0) is 6.42 Å². The van der Waals surface area contributed by atoms with Crippen molar-refractivity contribution in [3.05, 3.63) is 35.9 Å². The highest BCUT2D eigenvalue weighted by molar-refractivity contribution is 5.15. The number of nitrogens with zero attached hydrogens (tertiary/aromatic N) is 1. The highest BCUT2D eigenvalue weighted by Gasteiger charge is 2.15. The number of hydrogen-bond donors (Lipinski definition) is 1. The molecule has 0 aliphatic carbocycles. The summed E-state index contributed by atoms with van der Waals surface area (Å²) >= 11 is 0. The smallest absolute Gasteiger partial charge is 0.0208 e. The van der Waals surface area contributed by atoms with Crippen molar-refractivity contribution in [2.75, 3.05) is 13.1 Å². The van der Waals surface area contributed by atoms with Crippen LogP contribution in [0.1, 0.15) is 45.6 Å². The maximum atomic E-state index is 6.33. The Labute approximate surface area is 119 Å². The van der Waals surface area contributed by atoms with Gasteiger partial charge in [-0.2, -0.15) is 0 Å². The molecule has 2 unspecified atom stereocenters. The van der Waals surface area contributed by atoms with Crippen molar-refractivity contribution in [1.29, 1.82) is 0 Å². The Balaban J connectivity index is 2.48. The van der Waals surface area contributed by atoms with E-state index in [0.29, 0.717) is 6.04 Å². The lowest BCUT2D eigenvalue weighted by Crippen LogP contribution is -2.43. The summed E-state index contributed by atoms with van der Waals surface area (Å²) in [4.78, 5) is 2.55. The summed E-state index contributed by atoms with van der Waals surface area (Å²) in [6.07, 6.45) is 4.69. The molecule has 19 heavy (non-hydrogen) atoms. The second-order valence-electron chi connectivity index (χ2n) is 5.56. The minimum Gasteiger partial charge on any atom is -0.326 e. The monoisotopic (exact) mass is 262 g/mol. The molecule has 0 saturated heterocycles. The average Bonchev–Trinajstić information content (AvgIpc) is 2.43. The Morgan fingerprint density at radius 3 is 2.42 bits per heavy atom. The van der Waals surface area contributed by atoms with Crippen LogP contribution in [0.2, 0.25) is 0 Å². The van der Waals surface area contributed by atoms with Gasteiger partial charge in [0.1, 0.15) is 0 Å². The fourth-order valence-electron chi connectivity index (χ4n) is 2.39. The molecule has 0 aliphatic heterocycles. The van der Waals surface area contributed by atoms with Gasteiger partial charge < -0.3 is 5.73 Å². The summed E-state index contributed by atoms with van der Waals surface area (Å²) in [6, 6.07) is 11.4. The van der Waals surface area contributed by atoms with E-state index < -0.39 is 0 Å². The standard InChI is InChI=1S/C17H30N2/c1-4-6-12-19(15(3)5-2)14-17(18)13-16-10-8-7-9-11-16/h7-11,15,17H,4-6,12-14,18H2,1-3H3. The first-order valence-corrected chi connectivity index (χ1v) is 7.70. The Bertz CT molecular complexity index is 323. The van der Waals surface area contributed by atoms with Gasteiger partial charge in [0, 0.05) is 18.6 Å².